The number of hydrogen-bond acceptors (Lipinski definition) is 3. The summed E-state index contributed by atoms with van der Waals surface area (Å²) >= 11 is 5.42. The molecule has 4 nitrogen and oxygen atoms in total. The molecule has 19 heavy (non-hydrogen) atoms. The standard InChI is InChI=1S/C12H15BrINO3S/c1-12(2,19(3,17)18)7-15-11(16)9-6-8(14)4-5-10(9)13/h4-6H,7H2,1-3H3,(H,15,16). The molecule has 0 aliphatic carbocycles. The average Bonchev–Trinajstić information content (AvgIpc) is 2.28. The Morgan fingerprint density at radius 1 is 1.42 bits per heavy atom. The topological polar surface area (TPSA) is 63.2 Å². The molecule has 1 rings (SSSR count). The van der Waals surface area contributed by atoms with E-state index in [4.69, 9.17) is 0 Å². The molecule has 1 N–H and O–H groups in total. The van der Waals surface area contributed by atoms with Crippen molar-refractivity contribution in [2.24, 2.45) is 0 Å². The van der Waals surface area contributed by atoms with E-state index in [0.717, 1.165) is 3.57 Å². The minimum atomic E-state index is -3.23. The molecule has 1 aromatic carbocycles. The summed E-state index contributed by atoms with van der Waals surface area (Å²) in [6.07, 6.45) is 1.17. The number of carbonyl (C=O) groups is 1. The summed E-state index contributed by atoms with van der Waals surface area (Å²) in [7, 11) is -3.23. The van der Waals surface area contributed by atoms with Crippen molar-refractivity contribution in [1.82, 2.24) is 5.32 Å². The van der Waals surface area contributed by atoms with E-state index in [1.807, 2.05) is 6.07 Å². The minimum absolute atomic E-state index is 0.0720. The summed E-state index contributed by atoms with van der Waals surface area (Å²) in [4.78, 5) is 12.1. The highest BCUT2D eigenvalue weighted by atomic mass is 127. The van der Waals surface area contributed by atoms with Gasteiger partial charge in [-0.2, -0.15) is 0 Å². The molecule has 106 valence electrons. The lowest BCUT2D eigenvalue weighted by atomic mass is 10.2. The Bertz CT molecular complexity index is 599. The number of sulfone groups is 1. The Morgan fingerprint density at radius 2 is 2.00 bits per heavy atom. The number of hydrogen-bond donors (Lipinski definition) is 1. The lowest BCUT2D eigenvalue weighted by molar-refractivity contribution is 0.0949. The Morgan fingerprint density at radius 3 is 2.53 bits per heavy atom. The molecule has 7 heteroatoms. The van der Waals surface area contributed by atoms with Crippen LogP contribution in [0.3, 0.4) is 0 Å². The van der Waals surface area contributed by atoms with Crippen molar-refractivity contribution in [3.05, 3.63) is 31.8 Å². The van der Waals surface area contributed by atoms with Gasteiger partial charge in [0.25, 0.3) is 5.91 Å². The van der Waals surface area contributed by atoms with Crippen molar-refractivity contribution in [2.75, 3.05) is 12.8 Å². The summed E-state index contributed by atoms with van der Waals surface area (Å²) in [5.74, 6) is -0.290. The van der Waals surface area contributed by atoms with Crippen LogP contribution in [-0.2, 0) is 9.84 Å². The molecule has 0 atom stereocenters. The normalized spacial score (nSPS) is 12.3. The van der Waals surface area contributed by atoms with Gasteiger partial charge in [0.2, 0.25) is 0 Å². The maximum absolute atomic E-state index is 12.1. The second kappa shape index (κ2) is 6.09. The minimum Gasteiger partial charge on any atom is -0.350 e. The van der Waals surface area contributed by atoms with Gasteiger partial charge < -0.3 is 5.32 Å². The Kier molecular flexibility index (Phi) is 5.42. The fourth-order valence-corrected chi connectivity index (χ4v) is 2.44. The SMILES string of the molecule is CC(C)(CNC(=O)c1cc(I)ccc1Br)S(C)(=O)=O. The predicted octanol–water partition coefficient (Wildman–Crippen LogP) is 2.61. The first-order valence-corrected chi connectivity index (χ1v) is 9.24. The van der Waals surface area contributed by atoms with Crippen LogP contribution >= 0.6 is 38.5 Å². The summed E-state index contributed by atoms with van der Waals surface area (Å²) in [6.45, 7) is 3.25. The molecule has 0 spiro atoms. The highest BCUT2D eigenvalue weighted by Crippen LogP contribution is 2.20. The molecule has 0 radical (unpaired) electrons. The van der Waals surface area contributed by atoms with Crippen LogP contribution in [0.2, 0.25) is 0 Å². The highest BCUT2D eigenvalue weighted by molar-refractivity contribution is 14.1. The molecule has 0 fully saturated rings. The Hall–Kier alpha value is -0.150. The first kappa shape index (κ1) is 16.9. The number of halogens is 2. The Balaban J connectivity index is 2.85. The lowest BCUT2D eigenvalue weighted by Gasteiger charge is -2.22. The van der Waals surface area contributed by atoms with Crippen molar-refractivity contribution in [3.63, 3.8) is 0 Å². The van der Waals surface area contributed by atoms with E-state index in [9.17, 15) is 13.2 Å². The summed E-state index contributed by atoms with van der Waals surface area (Å²) in [5.41, 5.74) is 0.496. The first-order valence-electron chi connectivity index (χ1n) is 5.47. The Labute approximate surface area is 135 Å². The second-order valence-electron chi connectivity index (χ2n) is 4.84. The van der Waals surface area contributed by atoms with Crippen molar-refractivity contribution < 1.29 is 13.2 Å². The van der Waals surface area contributed by atoms with E-state index in [1.165, 1.54) is 6.26 Å². The van der Waals surface area contributed by atoms with E-state index in [2.05, 4.69) is 43.8 Å². The van der Waals surface area contributed by atoms with E-state index in [-0.39, 0.29) is 12.5 Å². The van der Waals surface area contributed by atoms with Crippen LogP contribution in [0.1, 0.15) is 24.2 Å². The molecule has 0 aliphatic heterocycles. The summed E-state index contributed by atoms with van der Waals surface area (Å²) in [6, 6.07) is 5.41. The van der Waals surface area contributed by atoms with E-state index in [0.29, 0.717) is 10.0 Å². The zero-order valence-electron chi connectivity index (χ0n) is 10.8. The smallest absolute Gasteiger partial charge is 0.252 e. The van der Waals surface area contributed by atoms with Crippen LogP contribution in [0.4, 0.5) is 0 Å². The molecular weight excluding hydrogens is 445 g/mol. The number of nitrogens with one attached hydrogen (secondary N) is 1. The van der Waals surface area contributed by atoms with Gasteiger partial charge in [0.15, 0.2) is 9.84 Å². The lowest BCUT2D eigenvalue weighted by Crippen LogP contribution is -2.43. The van der Waals surface area contributed by atoms with Gasteiger partial charge in [0.1, 0.15) is 0 Å². The molecule has 0 saturated heterocycles. The van der Waals surface area contributed by atoms with Gasteiger partial charge in [-0.05, 0) is 70.6 Å². The van der Waals surface area contributed by atoms with E-state index >= 15 is 0 Å². The van der Waals surface area contributed by atoms with Crippen molar-refractivity contribution in [3.8, 4) is 0 Å². The molecule has 0 aromatic heterocycles. The number of benzene rings is 1. The second-order valence-corrected chi connectivity index (χ2v) is 9.59. The zero-order valence-corrected chi connectivity index (χ0v) is 15.4. The maximum Gasteiger partial charge on any atom is 0.252 e. The van der Waals surface area contributed by atoms with Crippen LogP contribution in [0.15, 0.2) is 22.7 Å². The molecule has 1 aromatic rings. The average molecular weight is 460 g/mol. The molecular formula is C12H15BrINO3S. The molecule has 1 amide bonds. The van der Waals surface area contributed by atoms with Crippen LogP contribution in [0, 0.1) is 3.57 Å². The zero-order chi connectivity index (χ0) is 14.8. The first-order chi connectivity index (χ1) is 8.54. The monoisotopic (exact) mass is 459 g/mol. The van der Waals surface area contributed by atoms with Gasteiger partial charge in [-0.25, -0.2) is 8.42 Å². The fraction of sp³-hybridized carbons (Fsp3) is 0.417. The molecule has 0 bridgehead atoms. The number of carbonyl (C=O) groups excluding carboxylic acids is 1. The predicted molar refractivity (Wildman–Crippen MR) is 88.1 cm³/mol. The molecule has 0 heterocycles. The van der Waals surface area contributed by atoms with Crippen LogP contribution in [-0.4, -0.2) is 31.9 Å². The highest BCUT2D eigenvalue weighted by Gasteiger charge is 2.30. The van der Waals surface area contributed by atoms with E-state index < -0.39 is 14.6 Å². The molecule has 0 saturated carbocycles. The summed E-state index contributed by atoms with van der Waals surface area (Å²) in [5, 5.41) is 2.66. The van der Waals surface area contributed by atoms with Gasteiger partial charge in [-0.1, -0.05) is 0 Å². The van der Waals surface area contributed by atoms with Crippen molar-refractivity contribution >= 4 is 54.3 Å². The number of amides is 1. The quantitative estimate of drug-likeness (QED) is 0.704. The maximum atomic E-state index is 12.1. The van der Waals surface area contributed by atoms with E-state index in [1.54, 1.807) is 26.0 Å². The van der Waals surface area contributed by atoms with Gasteiger partial charge >= 0.3 is 0 Å². The molecule has 0 unspecified atom stereocenters. The third-order valence-electron chi connectivity index (χ3n) is 2.85. The summed E-state index contributed by atoms with van der Waals surface area (Å²) < 4.78 is 23.8. The van der Waals surface area contributed by atoms with Crippen LogP contribution in [0.25, 0.3) is 0 Å². The van der Waals surface area contributed by atoms with Crippen molar-refractivity contribution in [2.45, 2.75) is 18.6 Å². The van der Waals surface area contributed by atoms with Crippen LogP contribution in [0.5, 0.6) is 0 Å². The van der Waals surface area contributed by atoms with Gasteiger partial charge in [0, 0.05) is 20.8 Å². The number of rotatable bonds is 4. The molecule has 0 aliphatic rings. The van der Waals surface area contributed by atoms with Gasteiger partial charge in [-0.3, -0.25) is 4.79 Å². The van der Waals surface area contributed by atoms with Gasteiger partial charge in [-0.15, -0.1) is 0 Å². The van der Waals surface area contributed by atoms with Crippen molar-refractivity contribution in [1.29, 1.82) is 0 Å². The third kappa shape index (κ3) is 4.42. The van der Waals surface area contributed by atoms with Gasteiger partial charge in [0.05, 0.1) is 10.3 Å². The fourth-order valence-electron chi connectivity index (χ4n) is 1.19. The largest absolute Gasteiger partial charge is 0.350 e. The van der Waals surface area contributed by atoms with Crippen LogP contribution < -0.4 is 5.32 Å². The third-order valence-corrected chi connectivity index (χ3v) is 6.37.